The van der Waals surface area contributed by atoms with Crippen molar-refractivity contribution < 1.29 is 4.39 Å². The van der Waals surface area contributed by atoms with Gasteiger partial charge in [0.1, 0.15) is 5.82 Å². The van der Waals surface area contributed by atoms with Crippen LogP contribution in [0.4, 0.5) is 4.39 Å². The normalized spacial score (nSPS) is 24.9. The summed E-state index contributed by atoms with van der Waals surface area (Å²) in [7, 11) is 4.18. The van der Waals surface area contributed by atoms with Crippen LogP contribution < -0.4 is 5.32 Å². The van der Waals surface area contributed by atoms with Crippen LogP contribution in [0.3, 0.4) is 0 Å². The molecule has 0 aliphatic heterocycles. The number of benzene rings is 1. The van der Waals surface area contributed by atoms with E-state index in [2.05, 4.69) is 24.2 Å². The van der Waals surface area contributed by atoms with Gasteiger partial charge in [-0.3, -0.25) is 4.90 Å². The predicted octanol–water partition coefficient (Wildman–Crippen LogP) is 4.00. The van der Waals surface area contributed by atoms with E-state index in [0.717, 1.165) is 5.56 Å². The Balaban J connectivity index is 2.03. The minimum Gasteiger partial charge on any atom is -0.317 e. The predicted molar refractivity (Wildman–Crippen MR) is 82.7 cm³/mol. The fourth-order valence-electron chi connectivity index (χ4n) is 3.15. The van der Waals surface area contributed by atoms with Crippen molar-refractivity contribution in [1.29, 1.82) is 0 Å². The smallest absolute Gasteiger partial charge is 0.124 e. The van der Waals surface area contributed by atoms with Crippen LogP contribution in [0.2, 0.25) is 5.02 Å². The van der Waals surface area contributed by atoms with Crippen LogP contribution in [0.15, 0.2) is 18.2 Å². The van der Waals surface area contributed by atoms with Crippen molar-refractivity contribution in [2.45, 2.75) is 50.7 Å². The van der Waals surface area contributed by atoms with E-state index in [1.54, 1.807) is 6.07 Å². The van der Waals surface area contributed by atoms with Gasteiger partial charge in [-0.25, -0.2) is 4.39 Å². The maximum Gasteiger partial charge on any atom is 0.124 e. The molecule has 1 unspecified atom stereocenters. The maximum atomic E-state index is 13.1. The van der Waals surface area contributed by atoms with Crippen molar-refractivity contribution in [1.82, 2.24) is 10.2 Å². The van der Waals surface area contributed by atoms with Gasteiger partial charge in [-0.15, -0.1) is 0 Å². The fourth-order valence-corrected chi connectivity index (χ4v) is 3.47. The third-order valence-electron chi connectivity index (χ3n) is 4.70. The lowest BCUT2D eigenvalue weighted by molar-refractivity contribution is 0.136. The molecule has 0 saturated heterocycles. The molecular weight excluding hydrogens is 275 g/mol. The van der Waals surface area contributed by atoms with Gasteiger partial charge in [0.15, 0.2) is 0 Å². The first-order valence-corrected chi connectivity index (χ1v) is 7.75. The van der Waals surface area contributed by atoms with E-state index < -0.39 is 0 Å². The number of hydrogen-bond acceptors (Lipinski definition) is 2. The van der Waals surface area contributed by atoms with Crippen molar-refractivity contribution >= 4 is 11.6 Å². The molecule has 1 atom stereocenters. The first kappa shape index (κ1) is 15.7. The molecule has 4 heteroatoms. The Kier molecular flexibility index (Phi) is 5.42. The zero-order valence-corrected chi connectivity index (χ0v) is 13.3. The zero-order chi connectivity index (χ0) is 14.7. The lowest BCUT2D eigenvalue weighted by Crippen LogP contribution is -2.40. The highest BCUT2D eigenvalue weighted by Gasteiger charge is 2.27. The Bertz CT molecular complexity index is 444. The Morgan fingerprint density at radius 2 is 1.95 bits per heavy atom. The van der Waals surface area contributed by atoms with Gasteiger partial charge in [0.25, 0.3) is 0 Å². The van der Waals surface area contributed by atoms with E-state index >= 15 is 0 Å². The van der Waals surface area contributed by atoms with Crippen LogP contribution in [0, 0.1) is 5.82 Å². The Morgan fingerprint density at radius 1 is 1.30 bits per heavy atom. The van der Waals surface area contributed by atoms with E-state index in [1.807, 2.05) is 7.05 Å². The SMILES string of the molecule is CNC1CCC(N(C)C(C)c2ccc(F)cc2Cl)CC1. The van der Waals surface area contributed by atoms with Crippen LogP contribution >= 0.6 is 11.6 Å². The average molecular weight is 299 g/mol. The highest BCUT2D eigenvalue weighted by Crippen LogP contribution is 2.32. The summed E-state index contributed by atoms with van der Waals surface area (Å²) in [6, 6.07) is 6.14. The van der Waals surface area contributed by atoms with Gasteiger partial charge in [-0.05, 0) is 64.4 Å². The molecule has 1 aromatic carbocycles. The molecule has 1 aromatic rings. The summed E-state index contributed by atoms with van der Waals surface area (Å²) in [5, 5.41) is 3.88. The molecule has 0 amide bonds. The summed E-state index contributed by atoms with van der Waals surface area (Å²) in [4.78, 5) is 2.38. The van der Waals surface area contributed by atoms with Crippen molar-refractivity contribution in [2.24, 2.45) is 0 Å². The van der Waals surface area contributed by atoms with Crippen molar-refractivity contribution in [2.75, 3.05) is 14.1 Å². The lowest BCUT2D eigenvalue weighted by Gasteiger charge is -2.38. The number of halogens is 2. The largest absolute Gasteiger partial charge is 0.317 e. The van der Waals surface area contributed by atoms with Gasteiger partial charge in [-0.1, -0.05) is 17.7 Å². The first-order valence-electron chi connectivity index (χ1n) is 7.37. The van der Waals surface area contributed by atoms with Gasteiger partial charge >= 0.3 is 0 Å². The molecule has 0 aromatic heterocycles. The van der Waals surface area contributed by atoms with E-state index in [-0.39, 0.29) is 11.9 Å². The number of rotatable bonds is 4. The molecule has 1 N–H and O–H groups in total. The third-order valence-corrected chi connectivity index (χ3v) is 5.03. The highest BCUT2D eigenvalue weighted by molar-refractivity contribution is 6.31. The first-order chi connectivity index (χ1) is 9.52. The Morgan fingerprint density at radius 3 is 2.50 bits per heavy atom. The Labute approximate surface area is 126 Å². The van der Waals surface area contributed by atoms with E-state index in [4.69, 9.17) is 11.6 Å². The summed E-state index contributed by atoms with van der Waals surface area (Å²) < 4.78 is 13.1. The number of hydrogen-bond donors (Lipinski definition) is 1. The second kappa shape index (κ2) is 6.88. The van der Waals surface area contributed by atoms with Crippen LogP contribution in [0.1, 0.15) is 44.2 Å². The van der Waals surface area contributed by atoms with Crippen molar-refractivity contribution in [3.8, 4) is 0 Å². The summed E-state index contributed by atoms with van der Waals surface area (Å²) in [6.07, 6.45) is 4.83. The van der Waals surface area contributed by atoms with Crippen LogP contribution in [-0.2, 0) is 0 Å². The second-order valence-corrected chi connectivity index (χ2v) is 6.21. The lowest BCUT2D eigenvalue weighted by atomic mass is 9.89. The molecule has 2 nitrogen and oxygen atoms in total. The minimum absolute atomic E-state index is 0.208. The summed E-state index contributed by atoms with van der Waals surface area (Å²) in [5.41, 5.74) is 1.01. The average Bonchev–Trinajstić information content (AvgIpc) is 2.46. The molecule has 0 heterocycles. The molecule has 1 fully saturated rings. The quantitative estimate of drug-likeness (QED) is 0.904. The van der Waals surface area contributed by atoms with Crippen LogP contribution in [0.25, 0.3) is 0 Å². The van der Waals surface area contributed by atoms with Crippen LogP contribution in [-0.4, -0.2) is 31.1 Å². The van der Waals surface area contributed by atoms with Crippen molar-refractivity contribution in [3.05, 3.63) is 34.6 Å². The van der Waals surface area contributed by atoms with Crippen molar-refractivity contribution in [3.63, 3.8) is 0 Å². The molecule has 1 aliphatic carbocycles. The molecule has 0 spiro atoms. The Hall–Kier alpha value is -0.640. The van der Waals surface area contributed by atoms with Crippen LogP contribution in [0.5, 0.6) is 0 Å². The molecule has 1 aliphatic rings. The third kappa shape index (κ3) is 3.51. The van der Waals surface area contributed by atoms with Gasteiger partial charge in [-0.2, -0.15) is 0 Å². The van der Waals surface area contributed by atoms with Gasteiger partial charge in [0.2, 0.25) is 0 Å². The molecule has 0 radical (unpaired) electrons. The summed E-state index contributed by atoms with van der Waals surface area (Å²) >= 11 is 6.18. The van der Waals surface area contributed by atoms with Gasteiger partial charge in [0.05, 0.1) is 0 Å². The summed E-state index contributed by atoms with van der Waals surface area (Å²) in [5.74, 6) is -0.275. The fraction of sp³-hybridized carbons (Fsp3) is 0.625. The maximum absolute atomic E-state index is 13.1. The number of nitrogens with one attached hydrogen (secondary N) is 1. The minimum atomic E-state index is -0.275. The molecule has 112 valence electrons. The van der Waals surface area contributed by atoms with E-state index in [1.165, 1.54) is 37.8 Å². The topological polar surface area (TPSA) is 15.3 Å². The standard InChI is InChI=1S/C16H24ClFN2/c1-11(15-9-4-12(18)10-16(15)17)20(3)14-7-5-13(19-2)6-8-14/h4,9-11,13-14,19H,5-8H2,1-3H3. The van der Waals surface area contributed by atoms with E-state index in [9.17, 15) is 4.39 Å². The summed E-state index contributed by atoms with van der Waals surface area (Å²) in [6.45, 7) is 2.14. The van der Waals surface area contributed by atoms with Gasteiger partial charge in [0, 0.05) is 23.1 Å². The second-order valence-electron chi connectivity index (χ2n) is 5.80. The monoisotopic (exact) mass is 298 g/mol. The molecule has 20 heavy (non-hydrogen) atoms. The van der Waals surface area contributed by atoms with Gasteiger partial charge < -0.3 is 5.32 Å². The zero-order valence-electron chi connectivity index (χ0n) is 12.5. The molecular formula is C16H24ClFN2. The highest BCUT2D eigenvalue weighted by atomic mass is 35.5. The molecule has 0 bridgehead atoms. The molecule has 2 rings (SSSR count). The number of nitrogens with zero attached hydrogens (tertiary/aromatic N) is 1. The molecule has 1 saturated carbocycles. The van der Waals surface area contributed by atoms with E-state index in [0.29, 0.717) is 17.1 Å².